The van der Waals surface area contributed by atoms with Crippen LogP contribution in [-0.4, -0.2) is 25.8 Å². The van der Waals surface area contributed by atoms with Gasteiger partial charge < -0.3 is 5.11 Å². The predicted molar refractivity (Wildman–Crippen MR) is 50.2 cm³/mol. The van der Waals surface area contributed by atoms with E-state index in [0.717, 1.165) is 5.52 Å². The lowest BCUT2D eigenvalue weighted by molar-refractivity contribution is 0.0693. The third kappa shape index (κ3) is 1.06. The van der Waals surface area contributed by atoms with Crippen molar-refractivity contribution in [3.05, 3.63) is 23.7 Å². The zero-order valence-electron chi connectivity index (χ0n) is 7.85. The molecule has 0 saturated heterocycles. The van der Waals surface area contributed by atoms with E-state index < -0.39 is 5.97 Å². The molecule has 0 amide bonds. The van der Waals surface area contributed by atoms with Crippen molar-refractivity contribution >= 4 is 16.9 Å². The summed E-state index contributed by atoms with van der Waals surface area (Å²) in [6.45, 7) is 1.77. The molecule has 0 saturated carbocycles. The van der Waals surface area contributed by atoms with Gasteiger partial charge in [0.2, 0.25) is 0 Å². The summed E-state index contributed by atoms with van der Waals surface area (Å²) in [5, 5.41) is 13.7. The van der Waals surface area contributed by atoms with Crippen molar-refractivity contribution in [2.45, 2.75) is 6.92 Å². The van der Waals surface area contributed by atoms with E-state index in [9.17, 15) is 4.79 Å². The van der Waals surface area contributed by atoms with Crippen LogP contribution in [0.1, 0.15) is 16.2 Å². The molecule has 5 heteroatoms. The number of fused-ring (bicyclic) bond motifs is 1. The smallest absolute Gasteiger partial charge is 0.355 e. The number of rotatable bonds is 1. The molecule has 0 spiro atoms. The van der Waals surface area contributed by atoms with E-state index in [1.807, 2.05) is 0 Å². The van der Waals surface area contributed by atoms with Crippen LogP contribution in [0, 0.1) is 6.92 Å². The molecule has 0 fully saturated rings. The Morgan fingerprint density at radius 2 is 2.29 bits per heavy atom. The van der Waals surface area contributed by atoms with Crippen molar-refractivity contribution in [2.24, 2.45) is 7.05 Å². The average Bonchev–Trinajstić information content (AvgIpc) is 2.43. The standard InChI is InChI=1S/C9H9N3O2/c1-5-7-6(12(2)11-5)3-4-10-8(7)9(13)14/h3-4H,1-2H3,(H,13,14). The fraction of sp³-hybridized carbons (Fsp3) is 0.222. The number of carboxylic acids is 1. The second-order valence-corrected chi connectivity index (χ2v) is 3.07. The molecule has 0 radical (unpaired) electrons. The van der Waals surface area contributed by atoms with Crippen LogP contribution in [0.25, 0.3) is 10.9 Å². The Bertz CT molecular complexity index is 516. The maximum Gasteiger partial charge on any atom is 0.355 e. The molecule has 1 N–H and O–H groups in total. The zero-order valence-corrected chi connectivity index (χ0v) is 7.85. The van der Waals surface area contributed by atoms with Gasteiger partial charge in [-0.1, -0.05) is 0 Å². The molecule has 0 unspecified atom stereocenters. The Balaban J connectivity index is 2.92. The van der Waals surface area contributed by atoms with Crippen LogP contribution in [0.4, 0.5) is 0 Å². The average molecular weight is 191 g/mol. The maximum absolute atomic E-state index is 10.9. The number of aromatic nitrogens is 3. The molecular weight excluding hydrogens is 182 g/mol. The summed E-state index contributed by atoms with van der Waals surface area (Å²) in [5.41, 5.74) is 1.54. The van der Waals surface area contributed by atoms with Crippen LogP contribution in [0.15, 0.2) is 12.3 Å². The number of carbonyl (C=O) groups is 1. The van der Waals surface area contributed by atoms with Crippen molar-refractivity contribution < 1.29 is 9.90 Å². The SMILES string of the molecule is Cc1nn(C)c2ccnc(C(=O)O)c12. The lowest BCUT2D eigenvalue weighted by Gasteiger charge is -1.96. The summed E-state index contributed by atoms with van der Waals surface area (Å²) in [6, 6.07) is 1.75. The van der Waals surface area contributed by atoms with Gasteiger partial charge >= 0.3 is 5.97 Å². The lowest BCUT2D eigenvalue weighted by Crippen LogP contribution is -2.01. The minimum Gasteiger partial charge on any atom is -0.476 e. The quantitative estimate of drug-likeness (QED) is 0.729. The van der Waals surface area contributed by atoms with Gasteiger partial charge in [-0.05, 0) is 13.0 Å². The normalized spacial score (nSPS) is 10.7. The van der Waals surface area contributed by atoms with Gasteiger partial charge in [0.05, 0.1) is 16.6 Å². The number of nitrogens with zero attached hydrogens (tertiary/aromatic N) is 3. The van der Waals surface area contributed by atoms with Crippen molar-refractivity contribution in [1.29, 1.82) is 0 Å². The van der Waals surface area contributed by atoms with Crippen LogP contribution in [0.5, 0.6) is 0 Å². The number of hydrogen-bond donors (Lipinski definition) is 1. The number of hydrogen-bond acceptors (Lipinski definition) is 3. The van der Waals surface area contributed by atoms with Gasteiger partial charge in [-0.15, -0.1) is 0 Å². The summed E-state index contributed by atoms with van der Waals surface area (Å²) in [6.07, 6.45) is 1.48. The maximum atomic E-state index is 10.9. The summed E-state index contributed by atoms with van der Waals surface area (Å²) in [4.78, 5) is 14.7. The molecule has 0 aliphatic carbocycles. The lowest BCUT2D eigenvalue weighted by atomic mass is 10.2. The second-order valence-electron chi connectivity index (χ2n) is 3.07. The molecule has 0 aliphatic rings. The van der Waals surface area contributed by atoms with E-state index in [1.54, 1.807) is 24.7 Å². The first kappa shape index (κ1) is 8.68. The van der Waals surface area contributed by atoms with E-state index >= 15 is 0 Å². The predicted octanol–water partition coefficient (Wildman–Crippen LogP) is 0.975. The fourth-order valence-electron chi connectivity index (χ4n) is 1.57. The van der Waals surface area contributed by atoms with Gasteiger partial charge in [-0.25, -0.2) is 9.78 Å². The second kappa shape index (κ2) is 2.80. The first-order chi connectivity index (χ1) is 6.61. The van der Waals surface area contributed by atoms with Gasteiger partial charge in [0.25, 0.3) is 0 Å². The van der Waals surface area contributed by atoms with E-state index in [2.05, 4.69) is 10.1 Å². The molecule has 5 nitrogen and oxygen atoms in total. The van der Waals surface area contributed by atoms with Gasteiger partial charge in [-0.2, -0.15) is 5.10 Å². The molecule has 2 aromatic rings. The van der Waals surface area contributed by atoms with Crippen LogP contribution in [0.3, 0.4) is 0 Å². The molecule has 72 valence electrons. The molecule has 2 heterocycles. The van der Waals surface area contributed by atoms with Crippen molar-refractivity contribution in [3.63, 3.8) is 0 Å². The van der Waals surface area contributed by atoms with Gasteiger partial charge in [-0.3, -0.25) is 4.68 Å². The highest BCUT2D eigenvalue weighted by Gasteiger charge is 2.15. The first-order valence-corrected chi connectivity index (χ1v) is 4.13. The molecule has 14 heavy (non-hydrogen) atoms. The monoisotopic (exact) mass is 191 g/mol. The number of pyridine rings is 1. The van der Waals surface area contributed by atoms with Crippen LogP contribution < -0.4 is 0 Å². The minimum atomic E-state index is -1.02. The highest BCUT2D eigenvalue weighted by atomic mass is 16.4. The Kier molecular flexibility index (Phi) is 1.73. The number of aryl methyl sites for hydroxylation is 2. The highest BCUT2D eigenvalue weighted by Crippen LogP contribution is 2.19. The summed E-state index contributed by atoms with van der Waals surface area (Å²) in [7, 11) is 1.78. The Morgan fingerprint density at radius 3 is 2.93 bits per heavy atom. The van der Waals surface area contributed by atoms with Gasteiger partial charge in [0.15, 0.2) is 5.69 Å². The van der Waals surface area contributed by atoms with Crippen molar-refractivity contribution in [3.8, 4) is 0 Å². The van der Waals surface area contributed by atoms with E-state index in [-0.39, 0.29) is 5.69 Å². The topological polar surface area (TPSA) is 68.0 Å². The summed E-state index contributed by atoms with van der Waals surface area (Å²) < 4.78 is 1.65. The molecule has 0 atom stereocenters. The number of carboxylic acid groups (broad SMARTS) is 1. The first-order valence-electron chi connectivity index (χ1n) is 4.13. The van der Waals surface area contributed by atoms with Crippen molar-refractivity contribution in [1.82, 2.24) is 14.8 Å². The van der Waals surface area contributed by atoms with Crippen LogP contribution in [-0.2, 0) is 7.05 Å². The fourth-order valence-corrected chi connectivity index (χ4v) is 1.57. The molecular formula is C9H9N3O2. The van der Waals surface area contributed by atoms with Crippen LogP contribution in [0.2, 0.25) is 0 Å². The highest BCUT2D eigenvalue weighted by molar-refractivity contribution is 6.01. The molecule has 0 aromatic carbocycles. The molecule has 2 rings (SSSR count). The summed E-state index contributed by atoms with van der Waals surface area (Å²) >= 11 is 0. The van der Waals surface area contributed by atoms with Crippen LogP contribution >= 0.6 is 0 Å². The van der Waals surface area contributed by atoms with Crippen molar-refractivity contribution in [2.75, 3.05) is 0 Å². The third-order valence-electron chi connectivity index (χ3n) is 2.14. The van der Waals surface area contributed by atoms with Gasteiger partial charge in [0.1, 0.15) is 0 Å². The third-order valence-corrected chi connectivity index (χ3v) is 2.14. The largest absolute Gasteiger partial charge is 0.476 e. The minimum absolute atomic E-state index is 0.0631. The Morgan fingerprint density at radius 1 is 1.57 bits per heavy atom. The van der Waals surface area contributed by atoms with E-state index in [4.69, 9.17) is 5.11 Å². The number of aromatic carboxylic acids is 1. The van der Waals surface area contributed by atoms with E-state index in [0.29, 0.717) is 11.1 Å². The molecule has 0 bridgehead atoms. The molecule has 0 aliphatic heterocycles. The molecule has 2 aromatic heterocycles. The Hall–Kier alpha value is -1.91. The zero-order chi connectivity index (χ0) is 10.3. The van der Waals surface area contributed by atoms with Gasteiger partial charge in [0, 0.05) is 13.2 Å². The Labute approximate surface area is 80.0 Å². The van der Waals surface area contributed by atoms with E-state index in [1.165, 1.54) is 6.20 Å². The summed E-state index contributed by atoms with van der Waals surface area (Å²) in [5.74, 6) is -1.02.